The molecule has 0 amide bonds. The zero-order chi connectivity index (χ0) is 76.9. The maximum Gasteiger partial charge on any atom is 0.178 e. The van der Waals surface area contributed by atoms with Gasteiger partial charge >= 0.3 is 0 Å². The van der Waals surface area contributed by atoms with E-state index < -0.39 is 0 Å². The second-order valence-electron chi connectivity index (χ2n) is 25.6. The van der Waals surface area contributed by atoms with Crippen LogP contribution >= 0.6 is 0 Å². The Kier molecular flexibility index (Phi) is 64.3. The Labute approximate surface area is 582 Å². The Morgan fingerprint density at radius 1 is 0.198 bits per heavy atom. The quantitative estimate of drug-likeness (QED) is 0.136. The van der Waals surface area contributed by atoms with Crippen molar-refractivity contribution in [3.8, 4) is 0 Å². The van der Waals surface area contributed by atoms with Crippen LogP contribution in [0.15, 0.2) is 81.2 Å². The third-order valence-corrected chi connectivity index (χ3v) is 9.47. The Morgan fingerprint density at radius 3 is 0.833 bits per heavy atom. The topological polar surface area (TPSA) is 348 Å². The van der Waals surface area contributed by atoms with Crippen LogP contribution in [0.3, 0.4) is 0 Å². The first-order chi connectivity index (χ1) is 44.8. The monoisotopic (exact) mass is 1340 g/mol. The molecule has 0 saturated carbocycles. The van der Waals surface area contributed by atoms with Crippen molar-refractivity contribution >= 4 is 0 Å². The fourth-order valence-electron chi connectivity index (χ4n) is 4.66. The van der Waals surface area contributed by atoms with Gasteiger partial charge in [-0.2, -0.15) is 15.3 Å². The summed E-state index contributed by atoms with van der Waals surface area (Å²) >= 11 is 0. The number of hydrogen-bond donors (Lipinski definition) is 0. The van der Waals surface area contributed by atoms with Crippen LogP contribution < -0.4 is 0 Å². The summed E-state index contributed by atoms with van der Waals surface area (Å²) < 4.78 is 0. The van der Waals surface area contributed by atoms with Crippen LogP contribution in [-0.2, 0) is 43.3 Å². The molecule has 0 radical (unpaired) electrons. The van der Waals surface area contributed by atoms with Gasteiger partial charge in [-0.3, -0.25) is 0 Å². The molecular weight excluding hydrogens is 1210 g/mol. The summed E-state index contributed by atoms with van der Waals surface area (Å²) in [5.74, 6) is 3.02. The first kappa shape index (κ1) is 104. The summed E-state index contributed by atoms with van der Waals surface area (Å²) in [6, 6.07) is 1.88. The molecule has 27 nitrogen and oxygen atoms in total. The average molecular weight is 1340 g/mol. The summed E-state index contributed by atoms with van der Waals surface area (Å²) in [5.41, 5.74) is 3.92. The fourth-order valence-corrected chi connectivity index (χ4v) is 4.66. The van der Waals surface area contributed by atoms with Gasteiger partial charge in [0.15, 0.2) is 23.8 Å². The second-order valence-corrected chi connectivity index (χ2v) is 25.6. The fraction of sp³-hybridized carbons (Fsp3) is 0.696. The molecule has 544 valence electrons. The van der Waals surface area contributed by atoms with E-state index in [1.54, 1.807) is 37.2 Å². The van der Waals surface area contributed by atoms with Crippen LogP contribution in [0, 0.1) is 0 Å². The van der Waals surface area contributed by atoms with Gasteiger partial charge in [0.25, 0.3) is 0 Å². The van der Waals surface area contributed by atoms with E-state index in [0.29, 0.717) is 5.82 Å². The van der Waals surface area contributed by atoms with Gasteiger partial charge in [0.1, 0.15) is 37.5 Å². The summed E-state index contributed by atoms with van der Waals surface area (Å²) in [6.07, 6.45) is 18.7. The van der Waals surface area contributed by atoms with E-state index in [2.05, 4.69) is 262 Å². The largest absolute Gasteiger partial charge is 0.241 e. The Morgan fingerprint density at radius 2 is 0.583 bits per heavy atom. The van der Waals surface area contributed by atoms with Crippen LogP contribution in [0.2, 0.25) is 0 Å². The van der Waals surface area contributed by atoms with Crippen molar-refractivity contribution < 1.29 is 0 Å². The highest BCUT2D eigenvalue weighted by Gasteiger charge is 2.21. The molecular formula is C69H133N27. The van der Waals surface area contributed by atoms with Gasteiger partial charge < -0.3 is 0 Å². The molecule has 0 fully saturated rings. The third-order valence-electron chi connectivity index (χ3n) is 9.47. The van der Waals surface area contributed by atoms with Gasteiger partial charge in [0, 0.05) is 49.5 Å². The van der Waals surface area contributed by atoms with Crippen LogP contribution in [0.25, 0.3) is 0 Å². The van der Waals surface area contributed by atoms with Crippen LogP contribution in [0.1, 0.15) is 323 Å². The first-order valence-electron chi connectivity index (χ1n) is 33.6. The summed E-state index contributed by atoms with van der Waals surface area (Å²) in [7, 11) is 0. The van der Waals surface area contributed by atoms with Crippen LogP contribution in [0.5, 0.6) is 0 Å². The molecule has 8 heterocycles. The summed E-state index contributed by atoms with van der Waals surface area (Å²) in [5, 5.41) is 73.5. The second kappa shape index (κ2) is 59.4. The molecule has 0 aliphatic rings. The molecule has 0 aliphatic carbocycles. The molecule has 27 heteroatoms. The lowest BCUT2D eigenvalue weighted by molar-refractivity contribution is 0.518. The normalized spacial score (nSPS) is 10.1. The summed E-state index contributed by atoms with van der Waals surface area (Å²) in [4.78, 5) is 27.8. The lowest BCUT2D eigenvalue weighted by Crippen LogP contribution is -2.17. The number of hydrogen-bond acceptors (Lipinski definition) is 27. The number of nitrogens with zero attached hydrogens (tertiary/aromatic N) is 27. The van der Waals surface area contributed by atoms with Crippen LogP contribution in [-0.4, -0.2) is 137 Å². The van der Waals surface area contributed by atoms with E-state index >= 15 is 0 Å². The predicted molar refractivity (Wildman–Crippen MR) is 392 cm³/mol. The minimum Gasteiger partial charge on any atom is -0.241 e. The van der Waals surface area contributed by atoms with E-state index in [1.165, 1.54) is 38.0 Å². The third kappa shape index (κ3) is 57.3. The zero-order valence-corrected chi connectivity index (χ0v) is 67.6. The van der Waals surface area contributed by atoms with Gasteiger partial charge in [-0.1, -0.05) is 277 Å². The highest BCUT2D eigenvalue weighted by atomic mass is 15.4. The molecule has 0 unspecified atom stereocenters. The standard InChI is InChI=1S/5C7H11N3.3C6H10N4.8C2H6/c1-7(2,3)6-9-4-8-5-10-6;1-7(2,3)6-4-9-10-5-8-6;1-7(2,3)6-4-8-5-9-10-6;1-7(2,3)6-8-4-5-9-10-6;1-7(2,3)6-4-5-8-10-9-6;1-6(2,3)5-9-7-4-8-10-5;1-6(2,3)5-7-4-8-10-9-5;1-6(2,3)5-4-7-9-10-8-5;8*1-2/h5*4-5H,1-3H3;3*4H,1-3H3;8*1-2H3. The van der Waals surface area contributed by atoms with E-state index in [4.69, 9.17) is 0 Å². The van der Waals surface area contributed by atoms with E-state index in [-0.39, 0.29) is 43.3 Å². The van der Waals surface area contributed by atoms with Crippen molar-refractivity contribution in [2.45, 2.75) is 320 Å². The van der Waals surface area contributed by atoms with Gasteiger partial charge in [-0.05, 0) is 26.9 Å². The Balaban J connectivity index is -0.000000149. The van der Waals surface area contributed by atoms with E-state index in [9.17, 15) is 0 Å². The first-order valence-corrected chi connectivity index (χ1v) is 33.6. The number of aromatic nitrogens is 27. The van der Waals surface area contributed by atoms with Gasteiger partial charge in [-0.25, -0.2) is 34.9 Å². The molecule has 0 N–H and O–H groups in total. The minimum atomic E-state index is -0.0543. The van der Waals surface area contributed by atoms with Crippen LogP contribution in [0.4, 0.5) is 0 Å². The lowest BCUT2D eigenvalue weighted by Gasteiger charge is -2.15. The lowest BCUT2D eigenvalue weighted by atomic mass is 9.92. The molecule has 0 saturated heterocycles. The van der Waals surface area contributed by atoms with Gasteiger partial charge in [0.05, 0.1) is 53.8 Å². The highest BCUT2D eigenvalue weighted by molar-refractivity contribution is 5.09. The van der Waals surface area contributed by atoms with E-state index in [0.717, 1.165) is 40.2 Å². The van der Waals surface area contributed by atoms with Gasteiger partial charge in [0.2, 0.25) is 0 Å². The van der Waals surface area contributed by atoms with Crippen molar-refractivity contribution in [1.82, 2.24) is 137 Å². The molecule has 8 aromatic heterocycles. The van der Waals surface area contributed by atoms with Crippen molar-refractivity contribution in [2.24, 2.45) is 0 Å². The van der Waals surface area contributed by atoms with Crippen molar-refractivity contribution in [3.05, 3.63) is 127 Å². The van der Waals surface area contributed by atoms with Crippen molar-refractivity contribution in [1.29, 1.82) is 0 Å². The molecule has 96 heavy (non-hydrogen) atoms. The predicted octanol–water partition coefficient (Wildman–Crippen LogP) is 15.7. The SMILES string of the molecule is CC.CC.CC.CC.CC.CC.CC.CC.CC(C)(C)c1ccnnn1.CC(C)(C)c1cncnn1.CC(C)(C)c1cnncn1.CC(C)(C)c1cnnnn1.CC(C)(C)c1nccnn1.CC(C)(C)c1ncncn1.CC(C)(C)c1ncnnn1.CC(C)(C)c1nncnn1. The average Bonchev–Trinajstić information content (AvgIpc) is 2.62. The smallest absolute Gasteiger partial charge is 0.178 e. The molecule has 0 aromatic carbocycles. The maximum atomic E-state index is 4.08. The Hall–Kier alpha value is -8.13. The zero-order valence-electron chi connectivity index (χ0n) is 67.6. The Bertz CT molecular complexity index is 2200. The molecule has 0 spiro atoms. The highest BCUT2D eigenvalue weighted by Crippen LogP contribution is 2.21. The molecule has 8 rings (SSSR count). The molecule has 0 atom stereocenters. The summed E-state index contributed by atoms with van der Waals surface area (Å²) in [6.45, 7) is 81.5. The number of rotatable bonds is 0. The van der Waals surface area contributed by atoms with E-state index in [1.807, 2.05) is 158 Å². The minimum absolute atomic E-state index is 0.00819. The van der Waals surface area contributed by atoms with Gasteiger partial charge in [-0.15, -0.1) is 66.3 Å². The van der Waals surface area contributed by atoms with Crippen molar-refractivity contribution in [2.75, 3.05) is 0 Å². The molecule has 0 aliphatic heterocycles. The molecule has 0 bridgehead atoms. The maximum absolute atomic E-state index is 4.08. The molecule has 8 aromatic rings. The van der Waals surface area contributed by atoms with Crippen molar-refractivity contribution in [3.63, 3.8) is 0 Å².